The molecule has 36 heavy (non-hydrogen) atoms. The SMILES string of the molecule is C[SiH](C)CCO[Si](C)(C)O[Si](O[Si](C)(C)O[Si](C)(C)CC[SiH](C)C)(c1ccccc1)c1ccccc1. The van der Waals surface area contributed by atoms with Crippen LogP contribution in [-0.4, -0.2) is 58.2 Å². The second kappa shape index (κ2) is 13.6. The topological polar surface area (TPSA) is 36.9 Å². The molecule has 2 rings (SSSR count). The monoisotopic (exact) mass is 594 g/mol. The summed E-state index contributed by atoms with van der Waals surface area (Å²) in [4.78, 5) is 0. The van der Waals surface area contributed by atoms with Gasteiger partial charge in [-0.05, 0) is 61.7 Å². The van der Waals surface area contributed by atoms with Crippen LogP contribution >= 0.6 is 0 Å². The van der Waals surface area contributed by atoms with Crippen LogP contribution in [0.1, 0.15) is 0 Å². The molecule has 2 aromatic rings. The lowest BCUT2D eigenvalue weighted by Crippen LogP contribution is -2.71. The van der Waals surface area contributed by atoms with Crippen molar-refractivity contribution in [1.82, 2.24) is 0 Å². The Morgan fingerprint density at radius 2 is 1.03 bits per heavy atom. The molecule has 0 saturated heterocycles. The van der Waals surface area contributed by atoms with Gasteiger partial charge in [0.1, 0.15) is 0 Å². The van der Waals surface area contributed by atoms with E-state index in [9.17, 15) is 0 Å². The first-order valence-corrected chi connectivity index (χ1v) is 30.3. The lowest BCUT2D eigenvalue weighted by atomic mass is 10.4. The smallest absolute Gasteiger partial charge is 0.389 e. The molecule has 0 aliphatic rings. The summed E-state index contributed by atoms with van der Waals surface area (Å²) < 4.78 is 28.1. The number of hydrogen-bond donors (Lipinski definition) is 0. The fourth-order valence-electron chi connectivity index (χ4n) is 4.37. The van der Waals surface area contributed by atoms with Crippen molar-refractivity contribution in [2.45, 2.75) is 83.6 Å². The van der Waals surface area contributed by atoms with Crippen molar-refractivity contribution in [2.24, 2.45) is 0 Å². The largest absolute Gasteiger partial charge is 0.436 e. The van der Waals surface area contributed by atoms with Gasteiger partial charge < -0.3 is 16.8 Å². The Balaban J connectivity index is 2.52. The highest BCUT2D eigenvalue weighted by molar-refractivity contribution is 7.02. The lowest BCUT2D eigenvalue weighted by molar-refractivity contribution is 0.240. The van der Waals surface area contributed by atoms with Gasteiger partial charge in [0.15, 0.2) is 8.32 Å². The van der Waals surface area contributed by atoms with Crippen molar-refractivity contribution in [1.29, 1.82) is 0 Å². The average molecular weight is 595 g/mol. The zero-order chi connectivity index (χ0) is 27.0. The summed E-state index contributed by atoms with van der Waals surface area (Å²) >= 11 is 0. The van der Waals surface area contributed by atoms with E-state index < -0.39 is 51.6 Å². The van der Waals surface area contributed by atoms with E-state index in [-0.39, 0.29) is 0 Å². The van der Waals surface area contributed by atoms with Crippen LogP contribution in [0.2, 0.25) is 83.6 Å². The minimum atomic E-state index is -3.12. The van der Waals surface area contributed by atoms with Crippen LogP contribution in [0.15, 0.2) is 60.7 Å². The van der Waals surface area contributed by atoms with Crippen molar-refractivity contribution >= 4 is 62.0 Å². The van der Waals surface area contributed by atoms with Crippen molar-refractivity contribution in [2.75, 3.05) is 6.61 Å². The van der Waals surface area contributed by atoms with E-state index >= 15 is 0 Å². The van der Waals surface area contributed by atoms with Crippen molar-refractivity contribution < 1.29 is 16.8 Å². The molecule has 0 unspecified atom stereocenters. The molecule has 0 bridgehead atoms. The van der Waals surface area contributed by atoms with Gasteiger partial charge in [-0.3, -0.25) is 0 Å². The van der Waals surface area contributed by atoms with Gasteiger partial charge in [-0.2, -0.15) is 0 Å². The van der Waals surface area contributed by atoms with Crippen molar-refractivity contribution in [3.8, 4) is 0 Å². The van der Waals surface area contributed by atoms with Gasteiger partial charge in [0, 0.05) is 24.2 Å². The predicted octanol–water partition coefficient (Wildman–Crippen LogP) is 5.89. The molecule has 0 N–H and O–H groups in total. The first kappa shape index (κ1) is 31.8. The molecule has 0 fully saturated rings. The Bertz CT molecular complexity index is 868. The molecule has 0 atom stereocenters. The second-order valence-electron chi connectivity index (χ2n) is 12.2. The summed E-state index contributed by atoms with van der Waals surface area (Å²) in [6.07, 6.45) is 0. The molecule has 0 spiro atoms. The van der Waals surface area contributed by atoms with Crippen LogP contribution < -0.4 is 10.4 Å². The fourth-order valence-corrected chi connectivity index (χ4v) is 27.0. The third-order valence-corrected chi connectivity index (χ3v) is 24.5. The van der Waals surface area contributed by atoms with Crippen LogP contribution in [0.3, 0.4) is 0 Å². The Hall–Kier alpha value is -0.419. The molecular formula is C26H50O4Si6. The molecule has 202 valence electrons. The van der Waals surface area contributed by atoms with E-state index in [1.165, 1.54) is 12.1 Å². The Morgan fingerprint density at radius 1 is 0.583 bits per heavy atom. The summed E-state index contributed by atoms with van der Waals surface area (Å²) in [7, 11) is -11.4. The molecular weight excluding hydrogens is 545 g/mol. The molecule has 0 saturated carbocycles. The van der Waals surface area contributed by atoms with E-state index in [0.717, 1.165) is 23.0 Å². The maximum atomic E-state index is 7.35. The van der Waals surface area contributed by atoms with Crippen molar-refractivity contribution in [3.63, 3.8) is 0 Å². The highest BCUT2D eigenvalue weighted by Crippen LogP contribution is 2.27. The summed E-state index contributed by atoms with van der Waals surface area (Å²) in [5, 5.41) is 2.24. The maximum absolute atomic E-state index is 7.35. The van der Waals surface area contributed by atoms with E-state index in [4.69, 9.17) is 16.8 Å². The zero-order valence-corrected chi connectivity index (χ0v) is 30.7. The molecule has 0 aliphatic carbocycles. The van der Waals surface area contributed by atoms with Gasteiger partial charge in [-0.1, -0.05) is 92.9 Å². The summed E-state index contributed by atoms with van der Waals surface area (Å²) in [5.74, 6) is 0. The third-order valence-electron chi connectivity index (χ3n) is 6.08. The van der Waals surface area contributed by atoms with Gasteiger partial charge in [0.2, 0.25) is 0 Å². The third kappa shape index (κ3) is 10.4. The van der Waals surface area contributed by atoms with Gasteiger partial charge in [0.05, 0.1) is 0 Å². The Labute approximate surface area is 228 Å². The number of rotatable bonds is 15. The van der Waals surface area contributed by atoms with Gasteiger partial charge in [-0.25, -0.2) is 0 Å². The zero-order valence-electron chi connectivity index (χ0n) is 24.4. The van der Waals surface area contributed by atoms with Crippen LogP contribution in [0.25, 0.3) is 0 Å². The number of hydrogen-bond acceptors (Lipinski definition) is 4. The predicted molar refractivity (Wildman–Crippen MR) is 172 cm³/mol. The molecule has 0 aromatic heterocycles. The second-order valence-corrected chi connectivity index (χ2v) is 33.7. The lowest BCUT2D eigenvalue weighted by Gasteiger charge is -2.44. The van der Waals surface area contributed by atoms with E-state index in [1.807, 2.05) is 0 Å². The minimum Gasteiger partial charge on any atom is -0.436 e. The molecule has 4 nitrogen and oxygen atoms in total. The van der Waals surface area contributed by atoms with E-state index in [2.05, 4.69) is 126 Å². The van der Waals surface area contributed by atoms with E-state index in [1.54, 1.807) is 0 Å². The van der Waals surface area contributed by atoms with Gasteiger partial charge in [0.25, 0.3) is 0 Å². The standard InChI is InChI=1S/C26H50O4Si6/c1-31(2)22-21-27-34(7,8)29-36(25-17-13-11-14-18-25,26-19-15-12-16-20-26)30-35(9,10)28-33(5,6)24-23-32(3)4/h11-20,31-32H,21-24H2,1-10H3. The van der Waals surface area contributed by atoms with Gasteiger partial charge >= 0.3 is 25.7 Å². The summed E-state index contributed by atoms with van der Waals surface area (Å²) in [6, 6.07) is 24.8. The van der Waals surface area contributed by atoms with Crippen LogP contribution in [0.5, 0.6) is 0 Å². The quantitative estimate of drug-likeness (QED) is 0.241. The first-order valence-electron chi connectivity index (χ1n) is 13.5. The van der Waals surface area contributed by atoms with Crippen LogP contribution in [0.4, 0.5) is 0 Å². The summed E-state index contributed by atoms with van der Waals surface area (Å²) in [6.45, 7) is 23.8. The highest BCUT2D eigenvalue weighted by Gasteiger charge is 2.52. The molecule has 0 radical (unpaired) electrons. The van der Waals surface area contributed by atoms with Crippen LogP contribution in [-0.2, 0) is 16.8 Å². The molecule has 0 aliphatic heterocycles. The van der Waals surface area contributed by atoms with Crippen molar-refractivity contribution in [3.05, 3.63) is 60.7 Å². The van der Waals surface area contributed by atoms with Crippen LogP contribution in [0, 0.1) is 0 Å². The average Bonchev–Trinajstić information content (AvgIpc) is 2.77. The summed E-state index contributed by atoms with van der Waals surface area (Å²) in [5.41, 5.74) is 0. The Kier molecular flexibility index (Phi) is 12.0. The maximum Gasteiger partial charge on any atom is 0.389 e. The number of benzene rings is 2. The fraction of sp³-hybridized carbons (Fsp3) is 0.538. The molecule has 0 amide bonds. The highest BCUT2D eigenvalue weighted by atomic mass is 28.5. The Morgan fingerprint density at radius 3 is 1.47 bits per heavy atom. The molecule has 10 heteroatoms. The van der Waals surface area contributed by atoms with Gasteiger partial charge in [-0.15, -0.1) is 0 Å². The molecule has 0 heterocycles. The molecule has 2 aromatic carbocycles. The van der Waals surface area contributed by atoms with E-state index in [0.29, 0.717) is 0 Å². The first-order chi connectivity index (χ1) is 16.7. The minimum absolute atomic E-state index is 0.621. The normalized spacial score (nSPS) is 13.6.